The third-order valence-corrected chi connectivity index (χ3v) is 1.88. The van der Waals surface area contributed by atoms with Crippen LogP contribution < -0.4 is 5.32 Å². The normalized spacial score (nSPS) is 14.0. The number of carboxylic acid groups (broad SMARTS) is 1. The highest BCUT2D eigenvalue weighted by Crippen LogP contribution is 2.19. The molecule has 0 saturated heterocycles. The summed E-state index contributed by atoms with van der Waals surface area (Å²) < 4.78 is 0. The van der Waals surface area contributed by atoms with Gasteiger partial charge in [-0.1, -0.05) is 18.2 Å². The van der Waals surface area contributed by atoms with Crippen LogP contribution >= 0.6 is 0 Å². The number of anilines is 1. The summed E-state index contributed by atoms with van der Waals surface area (Å²) in [4.78, 5) is 14.4. The molecular formula is C9H8N2O2. The van der Waals surface area contributed by atoms with E-state index in [1.807, 2.05) is 24.3 Å². The fourth-order valence-corrected chi connectivity index (χ4v) is 1.23. The first-order valence-electron chi connectivity index (χ1n) is 3.90. The summed E-state index contributed by atoms with van der Waals surface area (Å²) in [6.07, 6.45) is 0. The van der Waals surface area contributed by atoms with Gasteiger partial charge in [-0.3, -0.25) is 4.99 Å². The Bertz CT molecular complexity index is 385. The molecule has 1 aliphatic heterocycles. The molecule has 0 bridgehead atoms. The van der Waals surface area contributed by atoms with E-state index in [1.165, 1.54) is 0 Å². The van der Waals surface area contributed by atoms with E-state index in [-0.39, 0.29) is 5.84 Å². The van der Waals surface area contributed by atoms with Crippen molar-refractivity contribution in [3.63, 3.8) is 0 Å². The van der Waals surface area contributed by atoms with Crippen LogP contribution in [-0.2, 0) is 11.3 Å². The molecule has 0 aliphatic carbocycles. The number of hydrogen-bond acceptors (Lipinski definition) is 3. The van der Waals surface area contributed by atoms with E-state index in [0.717, 1.165) is 11.3 Å². The Morgan fingerprint density at radius 1 is 1.46 bits per heavy atom. The van der Waals surface area contributed by atoms with Crippen molar-refractivity contribution in [1.29, 1.82) is 0 Å². The minimum Gasteiger partial charge on any atom is -0.475 e. The summed E-state index contributed by atoms with van der Waals surface area (Å²) >= 11 is 0. The van der Waals surface area contributed by atoms with Crippen LogP contribution in [0.25, 0.3) is 0 Å². The number of hydrogen-bond donors (Lipinski definition) is 2. The number of nitrogens with zero attached hydrogens (tertiary/aromatic N) is 1. The van der Waals surface area contributed by atoms with Crippen molar-refractivity contribution in [1.82, 2.24) is 0 Å². The van der Waals surface area contributed by atoms with Gasteiger partial charge in [-0.15, -0.1) is 0 Å². The van der Waals surface area contributed by atoms with Crippen molar-refractivity contribution >= 4 is 17.5 Å². The van der Waals surface area contributed by atoms with Gasteiger partial charge >= 0.3 is 5.97 Å². The van der Waals surface area contributed by atoms with Crippen LogP contribution in [0.5, 0.6) is 0 Å². The first-order valence-corrected chi connectivity index (χ1v) is 3.90. The van der Waals surface area contributed by atoms with E-state index in [2.05, 4.69) is 10.3 Å². The first kappa shape index (κ1) is 7.79. The third kappa shape index (κ3) is 1.38. The number of aliphatic imine (C=N–C) groups is 1. The number of amidine groups is 1. The molecule has 1 aromatic rings. The van der Waals surface area contributed by atoms with Crippen molar-refractivity contribution in [3.05, 3.63) is 29.8 Å². The second kappa shape index (κ2) is 2.90. The molecule has 0 radical (unpaired) electrons. The first-order chi connectivity index (χ1) is 6.27. The zero-order valence-corrected chi connectivity index (χ0v) is 6.82. The number of para-hydroxylation sites is 1. The lowest BCUT2D eigenvalue weighted by molar-refractivity contribution is -0.129. The SMILES string of the molecule is O=C(O)C1=NCc2ccccc2N1. The fourth-order valence-electron chi connectivity index (χ4n) is 1.23. The van der Waals surface area contributed by atoms with Crippen molar-refractivity contribution in [2.45, 2.75) is 6.54 Å². The third-order valence-electron chi connectivity index (χ3n) is 1.88. The number of nitrogens with one attached hydrogen (secondary N) is 1. The molecule has 66 valence electrons. The van der Waals surface area contributed by atoms with Gasteiger partial charge < -0.3 is 10.4 Å². The highest BCUT2D eigenvalue weighted by Gasteiger charge is 2.15. The fraction of sp³-hybridized carbons (Fsp3) is 0.111. The lowest BCUT2D eigenvalue weighted by atomic mass is 10.1. The summed E-state index contributed by atoms with van der Waals surface area (Å²) in [6.45, 7) is 0.435. The van der Waals surface area contributed by atoms with Gasteiger partial charge in [-0.25, -0.2) is 4.79 Å². The van der Waals surface area contributed by atoms with Gasteiger partial charge in [-0.2, -0.15) is 0 Å². The van der Waals surface area contributed by atoms with Crippen LogP contribution in [0, 0.1) is 0 Å². The summed E-state index contributed by atoms with van der Waals surface area (Å²) in [7, 11) is 0. The monoisotopic (exact) mass is 176 g/mol. The average molecular weight is 176 g/mol. The second-order valence-electron chi connectivity index (χ2n) is 2.75. The van der Waals surface area contributed by atoms with Gasteiger partial charge in [0.25, 0.3) is 0 Å². The van der Waals surface area contributed by atoms with E-state index in [0.29, 0.717) is 6.54 Å². The molecule has 2 rings (SSSR count). The minimum absolute atomic E-state index is 0.0127. The van der Waals surface area contributed by atoms with Crippen molar-refractivity contribution in [2.75, 3.05) is 5.32 Å². The minimum atomic E-state index is -1.02. The highest BCUT2D eigenvalue weighted by atomic mass is 16.4. The van der Waals surface area contributed by atoms with Crippen LogP contribution in [0.15, 0.2) is 29.3 Å². The number of benzene rings is 1. The zero-order valence-electron chi connectivity index (χ0n) is 6.82. The molecule has 0 spiro atoms. The second-order valence-corrected chi connectivity index (χ2v) is 2.75. The molecule has 0 atom stereocenters. The lowest BCUT2D eigenvalue weighted by Gasteiger charge is -2.15. The maximum absolute atomic E-state index is 10.6. The van der Waals surface area contributed by atoms with E-state index in [9.17, 15) is 4.79 Å². The maximum Gasteiger partial charge on any atom is 0.371 e. The molecule has 4 nitrogen and oxygen atoms in total. The number of rotatable bonds is 1. The Kier molecular flexibility index (Phi) is 1.73. The predicted octanol–water partition coefficient (Wildman–Crippen LogP) is 1.10. The molecule has 13 heavy (non-hydrogen) atoms. The Morgan fingerprint density at radius 2 is 2.23 bits per heavy atom. The molecule has 4 heteroatoms. The molecule has 0 amide bonds. The highest BCUT2D eigenvalue weighted by molar-refractivity contribution is 6.39. The molecule has 1 heterocycles. The Balaban J connectivity index is 2.33. The maximum atomic E-state index is 10.6. The number of carbonyl (C=O) groups is 1. The molecule has 0 unspecified atom stereocenters. The number of fused-ring (bicyclic) bond motifs is 1. The molecule has 0 aromatic heterocycles. The molecule has 0 fully saturated rings. The van der Waals surface area contributed by atoms with Crippen LogP contribution in [0.1, 0.15) is 5.56 Å². The van der Waals surface area contributed by atoms with Gasteiger partial charge in [0.15, 0.2) is 0 Å². The Labute approximate surface area is 74.9 Å². The average Bonchev–Trinajstić information content (AvgIpc) is 2.17. The van der Waals surface area contributed by atoms with Gasteiger partial charge in [0.05, 0.1) is 6.54 Å². The van der Waals surface area contributed by atoms with Gasteiger partial charge in [-0.05, 0) is 11.6 Å². The van der Waals surface area contributed by atoms with Crippen LogP contribution in [0.4, 0.5) is 5.69 Å². The van der Waals surface area contributed by atoms with Crippen LogP contribution in [-0.4, -0.2) is 16.9 Å². The smallest absolute Gasteiger partial charge is 0.371 e. The summed E-state index contributed by atoms with van der Waals surface area (Å²) in [5, 5.41) is 11.4. The molecule has 2 N–H and O–H groups in total. The number of aliphatic carboxylic acids is 1. The Morgan fingerprint density at radius 3 is 3.00 bits per heavy atom. The topological polar surface area (TPSA) is 61.7 Å². The van der Waals surface area contributed by atoms with Crippen molar-refractivity contribution < 1.29 is 9.90 Å². The Hall–Kier alpha value is -1.84. The largest absolute Gasteiger partial charge is 0.475 e. The van der Waals surface area contributed by atoms with Crippen molar-refractivity contribution in [3.8, 4) is 0 Å². The van der Waals surface area contributed by atoms with Crippen LogP contribution in [0.2, 0.25) is 0 Å². The van der Waals surface area contributed by atoms with E-state index < -0.39 is 5.97 Å². The summed E-state index contributed by atoms with van der Waals surface area (Å²) in [6, 6.07) is 7.52. The lowest BCUT2D eigenvalue weighted by Crippen LogP contribution is -2.26. The van der Waals surface area contributed by atoms with Crippen LogP contribution in [0.3, 0.4) is 0 Å². The molecule has 1 aliphatic rings. The standard InChI is InChI=1S/C9H8N2O2/c12-9(13)8-10-5-6-3-1-2-4-7(6)11-8/h1-4H,5H2,(H,10,11)(H,12,13). The van der Waals surface area contributed by atoms with E-state index in [4.69, 9.17) is 5.11 Å². The summed E-state index contributed by atoms with van der Waals surface area (Å²) in [5.74, 6) is -1.01. The van der Waals surface area contributed by atoms with E-state index in [1.54, 1.807) is 0 Å². The molecule has 1 aromatic carbocycles. The molecule has 0 saturated carbocycles. The van der Waals surface area contributed by atoms with Gasteiger partial charge in [0.1, 0.15) is 0 Å². The zero-order chi connectivity index (χ0) is 9.26. The number of carboxylic acids is 1. The predicted molar refractivity (Wildman–Crippen MR) is 48.8 cm³/mol. The van der Waals surface area contributed by atoms with E-state index >= 15 is 0 Å². The van der Waals surface area contributed by atoms with Gasteiger partial charge in [0.2, 0.25) is 5.84 Å². The molecular weight excluding hydrogens is 168 g/mol. The van der Waals surface area contributed by atoms with Crippen molar-refractivity contribution in [2.24, 2.45) is 4.99 Å². The van der Waals surface area contributed by atoms with Gasteiger partial charge in [0, 0.05) is 5.69 Å². The quantitative estimate of drug-likeness (QED) is 0.673. The summed E-state index contributed by atoms with van der Waals surface area (Å²) in [5.41, 5.74) is 1.85.